The van der Waals surface area contributed by atoms with Crippen LogP contribution in [0.1, 0.15) is 35.0 Å². The first-order valence-electron chi connectivity index (χ1n) is 10.7. The van der Waals surface area contributed by atoms with Crippen LogP contribution in [-0.4, -0.2) is 72.2 Å². The van der Waals surface area contributed by atoms with Crippen LogP contribution in [0, 0.1) is 0 Å². The molecule has 2 N–H and O–H groups in total. The number of rotatable bonds is 5. The van der Waals surface area contributed by atoms with E-state index in [4.69, 9.17) is 9.15 Å². The average Bonchev–Trinajstić information content (AvgIpc) is 3.24. The molecule has 31 heavy (non-hydrogen) atoms. The maximum Gasteiger partial charge on any atom is 0.257 e. The lowest BCUT2D eigenvalue weighted by Gasteiger charge is -2.46. The number of furan rings is 1. The van der Waals surface area contributed by atoms with Gasteiger partial charge in [-0.1, -0.05) is 30.3 Å². The van der Waals surface area contributed by atoms with Crippen molar-refractivity contribution < 1.29 is 23.8 Å². The van der Waals surface area contributed by atoms with E-state index in [-0.39, 0.29) is 18.4 Å². The molecule has 166 valence electrons. The van der Waals surface area contributed by atoms with Gasteiger partial charge in [0, 0.05) is 33.1 Å². The molecule has 2 aliphatic heterocycles. The van der Waals surface area contributed by atoms with E-state index < -0.39 is 11.6 Å². The van der Waals surface area contributed by atoms with E-state index in [0.29, 0.717) is 38.3 Å². The van der Waals surface area contributed by atoms with Crippen molar-refractivity contribution in [2.75, 3.05) is 39.4 Å². The highest BCUT2D eigenvalue weighted by molar-refractivity contribution is 5.94. The Hall–Kier alpha value is -2.68. The summed E-state index contributed by atoms with van der Waals surface area (Å²) in [6.45, 7) is 5.70. The van der Waals surface area contributed by atoms with Crippen molar-refractivity contribution in [1.82, 2.24) is 15.1 Å². The van der Waals surface area contributed by atoms with Gasteiger partial charge >= 0.3 is 0 Å². The number of amides is 2. The van der Waals surface area contributed by atoms with Gasteiger partial charge in [-0.15, -0.1) is 0 Å². The number of carbonyl (C=O) groups excluding carboxylic acids is 2. The van der Waals surface area contributed by atoms with Crippen LogP contribution in [0.15, 0.2) is 47.1 Å². The Morgan fingerprint density at radius 1 is 1.19 bits per heavy atom. The molecular weight excluding hydrogens is 398 g/mol. The number of aliphatic hydroxyl groups is 1. The highest BCUT2D eigenvalue weighted by Crippen LogP contribution is 2.34. The Labute approximate surface area is 181 Å². The second kappa shape index (κ2) is 9.21. The lowest BCUT2D eigenvalue weighted by molar-refractivity contribution is -0.124. The highest BCUT2D eigenvalue weighted by Gasteiger charge is 2.45. The molecule has 0 unspecified atom stereocenters. The summed E-state index contributed by atoms with van der Waals surface area (Å²) in [5.74, 6) is 0.338. The summed E-state index contributed by atoms with van der Waals surface area (Å²) in [5, 5.41) is 14.0. The minimum atomic E-state index is -0.934. The smallest absolute Gasteiger partial charge is 0.257 e. The van der Waals surface area contributed by atoms with E-state index in [0.717, 1.165) is 24.4 Å². The first-order chi connectivity index (χ1) is 15.0. The third-order valence-electron chi connectivity index (χ3n) is 6.10. The monoisotopic (exact) mass is 427 g/mol. The maximum atomic E-state index is 13.1. The van der Waals surface area contributed by atoms with Crippen LogP contribution in [0.5, 0.6) is 0 Å². The van der Waals surface area contributed by atoms with Crippen molar-refractivity contribution in [3.8, 4) is 0 Å². The number of benzene rings is 1. The van der Waals surface area contributed by atoms with Crippen LogP contribution in [0.4, 0.5) is 0 Å². The molecule has 1 aromatic carbocycles. The topological polar surface area (TPSA) is 95.3 Å². The van der Waals surface area contributed by atoms with Crippen molar-refractivity contribution in [3.63, 3.8) is 0 Å². The molecule has 2 atom stereocenters. The molecule has 0 radical (unpaired) electrons. The van der Waals surface area contributed by atoms with Gasteiger partial charge in [-0.05, 0) is 18.1 Å². The Morgan fingerprint density at radius 3 is 2.61 bits per heavy atom. The number of hydrogen-bond acceptors (Lipinski definition) is 6. The van der Waals surface area contributed by atoms with Crippen molar-refractivity contribution in [2.45, 2.75) is 31.5 Å². The lowest BCUT2D eigenvalue weighted by atomic mass is 9.78. The molecule has 2 fully saturated rings. The SMILES string of the molecule is CC(=O)N[C@@]1(c2ccccc2)CCN(C(=O)c2coc(CN3CCOCC3)c2)C[C@H]1O. The molecule has 0 bridgehead atoms. The van der Waals surface area contributed by atoms with Crippen LogP contribution in [0.2, 0.25) is 0 Å². The van der Waals surface area contributed by atoms with Gasteiger partial charge in [-0.3, -0.25) is 14.5 Å². The minimum Gasteiger partial charge on any atom is -0.467 e. The normalized spacial score (nSPS) is 24.7. The first kappa shape index (κ1) is 21.5. The maximum absolute atomic E-state index is 13.1. The van der Waals surface area contributed by atoms with Gasteiger partial charge in [0.05, 0.1) is 37.0 Å². The van der Waals surface area contributed by atoms with Crippen molar-refractivity contribution in [2.24, 2.45) is 0 Å². The number of morpholine rings is 1. The van der Waals surface area contributed by atoms with E-state index in [1.165, 1.54) is 13.2 Å². The molecule has 2 aliphatic rings. The number of nitrogens with one attached hydrogen (secondary N) is 1. The second-order valence-corrected chi connectivity index (χ2v) is 8.23. The summed E-state index contributed by atoms with van der Waals surface area (Å²) in [6, 6.07) is 11.2. The summed E-state index contributed by atoms with van der Waals surface area (Å²) in [7, 11) is 0. The van der Waals surface area contributed by atoms with Gasteiger partial charge in [-0.2, -0.15) is 0 Å². The Bertz CT molecular complexity index is 909. The standard InChI is InChI=1S/C23H29N3O5/c1-17(27)24-23(19-5-3-2-4-6-19)7-8-26(15-21(23)28)22(29)18-13-20(31-16-18)14-25-9-11-30-12-10-25/h2-6,13,16,21,28H,7-12,14-15H2,1H3,(H,24,27)/t21-,23-/m1/s1. The fourth-order valence-corrected chi connectivity index (χ4v) is 4.46. The summed E-state index contributed by atoms with van der Waals surface area (Å²) < 4.78 is 11.0. The zero-order valence-electron chi connectivity index (χ0n) is 17.8. The number of nitrogens with zero attached hydrogens (tertiary/aromatic N) is 2. The quantitative estimate of drug-likeness (QED) is 0.748. The fraction of sp³-hybridized carbons (Fsp3) is 0.478. The van der Waals surface area contributed by atoms with Crippen molar-refractivity contribution >= 4 is 11.8 Å². The van der Waals surface area contributed by atoms with Gasteiger partial charge in [0.2, 0.25) is 5.91 Å². The minimum absolute atomic E-state index is 0.123. The number of hydrogen-bond donors (Lipinski definition) is 2. The largest absolute Gasteiger partial charge is 0.467 e. The zero-order valence-corrected chi connectivity index (χ0v) is 17.8. The molecule has 1 aromatic heterocycles. The van der Waals surface area contributed by atoms with E-state index >= 15 is 0 Å². The predicted molar refractivity (Wildman–Crippen MR) is 113 cm³/mol. The number of ether oxygens (including phenoxy) is 1. The second-order valence-electron chi connectivity index (χ2n) is 8.23. The number of carbonyl (C=O) groups is 2. The van der Waals surface area contributed by atoms with E-state index in [2.05, 4.69) is 10.2 Å². The number of β-amino-alcohol motifs (C(OH)–C–C–N with tert-alkyl or cyclic N) is 1. The molecule has 0 saturated carbocycles. The lowest BCUT2D eigenvalue weighted by Crippen LogP contribution is -2.62. The molecule has 3 heterocycles. The van der Waals surface area contributed by atoms with Gasteiger partial charge in [0.15, 0.2) is 0 Å². The van der Waals surface area contributed by atoms with Crippen molar-refractivity contribution in [1.29, 1.82) is 0 Å². The number of aliphatic hydroxyl groups excluding tert-OH is 1. The summed E-state index contributed by atoms with van der Waals surface area (Å²) in [4.78, 5) is 28.8. The fourth-order valence-electron chi connectivity index (χ4n) is 4.46. The Kier molecular flexibility index (Phi) is 6.41. The summed E-state index contributed by atoms with van der Waals surface area (Å²) in [6.07, 6.45) is 0.968. The average molecular weight is 428 g/mol. The van der Waals surface area contributed by atoms with Gasteiger partial charge in [0.1, 0.15) is 12.0 Å². The number of likely N-dealkylation sites (tertiary alicyclic amines) is 1. The highest BCUT2D eigenvalue weighted by atomic mass is 16.5. The van der Waals surface area contributed by atoms with Gasteiger partial charge in [-0.25, -0.2) is 0 Å². The van der Waals surface area contributed by atoms with Gasteiger partial charge in [0.25, 0.3) is 5.91 Å². The molecular formula is C23H29N3O5. The third kappa shape index (κ3) is 4.66. The molecule has 8 heteroatoms. The molecule has 2 aromatic rings. The Balaban J connectivity index is 1.45. The molecule has 2 amide bonds. The van der Waals surface area contributed by atoms with Crippen LogP contribution in [0.3, 0.4) is 0 Å². The zero-order chi connectivity index (χ0) is 21.8. The van der Waals surface area contributed by atoms with Crippen LogP contribution >= 0.6 is 0 Å². The van der Waals surface area contributed by atoms with E-state index in [1.54, 1.807) is 11.0 Å². The summed E-state index contributed by atoms with van der Waals surface area (Å²) in [5.41, 5.74) is 0.394. The van der Waals surface area contributed by atoms with Crippen LogP contribution in [0.25, 0.3) is 0 Å². The van der Waals surface area contributed by atoms with E-state index in [9.17, 15) is 14.7 Å². The predicted octanol–water partition coefficient (Wildman–Crippen LogP) is 1.35. The molecule has 4 rings (SSSR count). The first-order valence-corrected chi connectivity index (χ1v) is 10.7. The molecule has 2 saturated heterocycles. The van der Waals surface area contributed by atoms with Crippen LogP contribution in [-0.2, 0) is 21.6 Å². The summed E-state index contributed by atoms with van der Waals surface area (Å²) >= 11 is 0. The Morgan fingerprint density at radius 2 is 1.94 bits per heavy atom. The van der Waals surface area contributed by atoms with Crippen molar-refractivity contribution in [3.05, 3.63) is 59.5 Å². The van der Waals surface area contributed by atoms with Crippen LogP contribution < -0.4 is 5.32 Å². The molecule has 8 nitrogen and oxygen atoms in total. The third-order valence-corrected chi connectivity index (χ3v) is 6.10. The molecule has 0 aliphatic carbocycles. The van der Waals surface area contributed by atoms with E-state index in [1.807, 2.05) is 30.3 Å². The number of piperidine rings is 1. The molecule has 0 spiro atoms. The van der Waals surface area contributed by atoms with Gasteiger partial charge < -0.3 is 24.5 Å².